The summed E-state index contributed by atoms with van der Waals surface area (Å²) in [6, 6.07) is 66.8. The fraction of sp³-hybridized carbons (Fsp3) is 0. The van der Waals surface area contributed by atoms with Gasteiger partial charge in [0, 0.05) is 36.5 Å². The van der Waals surface area contributed by atoms with Crippen LogP contribution in [-0.4, -0.2) is 0 Å². The monoisotopic (exact) mass is 702 g/mol. The van der Waals surface area contributed by atoms with E-state index in [1.807, 2.05) is 11.3 Å². The van der Waals surface area contributed by atoms with Crippen molar-refractivity contribution in [2.45, 2.75) is 0 Å². The summed E-state index contributed by atoms with van der Waals surface area (Å²) in [5.41, 5.74) is 9.39. The van der Waals surface area contributed by atoms with E-state index in [9.17, 15) is 0 Å². The van der Waals surface area contributed by atoms with Crippen LogP contribution in [0.5, 0.6) is 0 Å². The van der Waals surface area contributed by atoms with Gasteiger partial charge >= 0.3 is 0 Å². The molecule has 0 radical (unpaired) electrons. The number of furan rings is 1. The van der Waals surface area contributed by atoms with Crippen LogP contribution >= 0.6 is 11.3 Å². The van der Waals surface area contributed by atoms with Crippen molar-refractivity contribution < 1.29 is 4.42 Å². The molecule has 0 fully saturated rings. The Bertz CT molecular complexity index is 3450. The largest absolute Gasteiger partial charge is 0.456 e. The third-order valence-corrected chi connectivity index (χ3v) is 12.6. The van der Waals surface area contributed by atoms with Gasteiger partial charge in [-0.15, -0.1) is 11.3 Å². The molecule has 0 amide bonds. The summed E-state index contributed by atoms with van der Waals surface area (Å²) >= 11 is 1.89. The Morgan fingerprint density at radius 1 is 0.315 bits per heavy atom. The summed E-state index contributed by atoms with van der Waals surface area (Å²) in [6.07, 6.45) is 0. The predicted molar refractivity (Wildman–Crippen MR) is 233 cm³/mol. The summed E-state index contributed by atoms with van der Waals surface area (Å²) in [5.74, 6) is 0. The van der Waals surface area contributed by atoms with Crippen molar-refractivity contribution in [3.8, 4) is 33.4 Å². The van der Waals surface area contributed by atoms with E-state index < -0.39 is 0 Å². The molecule has 0 bridgehead atoms. The van der Waals surface area contributed by atoms with Gasteiger partial charge in [-0.1, -0.05) is 146 Å². The van der Waals surface area contributed by atoms with Crippen LogP contribution in [0.1, 0.15) is 0 Å². The molecule has 250 valence electrons. The van der Waals surface area contributed by atoms with Crippen molar-refractivity contribution in [3.63, 3.8) is 0 Å². The molecule has 10 aromatic carbocycles. The first-order valence-corrected chi connectivity index (χ1v) is 19.3. The highest BCUT2D eigenvalue weighted by molar-refractivity contribution is 7.26. The molecule has 2 heteroatoms. The van der Waals surface area contributed by atoms with E-state index in [0.29, 0.717) is 0 Å². The highest BCUT2D eigenvalue weighted by Crippen LogP contribution is 2.49. The van der Waals surface area contributed by atoms with Gasteiger partial charge < -0.3 is 4.42 Å². The fourth-order valence-electron chi connectivity index (χ4n) is 9.09. The molecule has 12 aromatic rings. The van der Waals surface area contributed by atoms with Crippen molar-refractivity contribution in [1.29, 1.82) is 0 Å². The Hall–Kier alpha value is -6.74. The van der Waals surface area contributed by atoms with Gasteiger partial charge in [0.25, 0.3) is 0 Å². The normalized spacial score (nSPS) is 12.1. The maximum Gasteiger partial charge on any atom is 0.136 e. The lowest BCUT2D eigenvalue weighted by Crippen LogP contribution is -1.91. The zero-order valence-electron chi connectivity index (χ0n) is 29.1. The molecule has 0 N–H and O–H groups in total. The third kappa shape index (κ3) is 4.26. The molecule has 0 saturated carbocycles. The van der Waals surface area contributed by atoms with E-state index in [2.05, 4.69) is 182 Å². The van der Waals surface area contributed by atoms with Crippen molar-refractivity contribution >= 4 is 96.5 Å². The molecule has 0 aliphatic heterocycles. The molecule has 0 unspecified atom stereocenters. The van der Waals surface area contributed by atoms with E-state index in [1.54, 1.807) is 0 Å². The van der Waals surface area contributed by atoms with Crippen LogP contribution in [0, 0.1) is 0 Å². The summed E-state index contributed by atoms with van der Waals surface area (Å²) < 4.78 is 8.96. The molecule has 0 aliphatic rings. The van der Waals surface area contributed by atoms with Crippen molar-refractivity contribution in [3.05, 3.63) is 182 Å². The minimum absolute atomic E-state index is 0.930. The first-order chi connectivity index (χ1) is 26.8. The van der Waals surface area contributed by atoms with Gasteiger partial charge in [0.1, 0.15) is 11.2 Å². The van der Waals surface area contributed by atoms with Crippen LogP contribution in [0.3, 0.4) is 0 Å². The lowest BCUT2D eigenvalue weighted by molar-refractivity contribution is 0.669. The average molecular weight is 703 g/mol. The van der Waals surface area contributed by atoms with E-state index in [1.165, 1.54) is 107 Å². The minimum atomic E-state index is 0.930. The molecular formula is C52H30OS. The topological polar surface area (TPSA) is 13.1 Å². The molecule has 54 heavy (non-hydrogen) atoms. The molecule has 2 aromatic heterocycles. The maximum atomic E-state index is 6.38. The Labute approximate surface area is 314 Å². The van der Waals surface area contributed by atoms with Gasteiger partial charge in [-0.3, -0.25) is 0 Å². The highest BCUT2D eigenvalue weighted by atomic mass is 32.1. The molecule has 1 nitrogen and oxygen atoms in total. The van der Waals surface area contributed by atoms with Crippen LogP contribution in [0.15, 0.2) is 186 Å². The van der Waals surface area contributed by atoms with Crippen LogP contribution in [-0.2, 0) is 0 Å². The number of para-hydroxylation sites is 1. The van der Waals surface area contributed by atoms with Gasteiger partial charge in [0.05, 0.1) is 0 Å². The molecule has 0 spiro atoms. The van der Waals surface area contributed by atoms with Crippen LogP contribution < -0.4 is 0 Å². The third-order valence-electron chi connectivity index (χ3n) is 11.4. The summed E-state index contributed by atoms with van der Waals surface area (Å²) in [5, 5.41) is 15.0. The second-order valence-electron chi connectivity index (χ2n) is 14.3. The van der Waals surface area contributed by atoms with Crippen molar-refractivity contribution in [2.75, 3.05) is 0 Å². The Kier molecular flexibility index (Phi) is 6.28. The van der Waals surface area contributed by atoms with Crippen molar-refractivity contribution in [1.82, 2.24) is 0 Å². The van der Waals surface area contributed by atoms with E-state index in [4.69, 9.17) is 4.42 Å². The summed E-state index contributed by atoms with van der Waals surface area (Å²) in [7, 11) is 0. The SMILES string of the molecule is c1cc(-c2c3ccccc3c(-c3ccc4ccccc4c3)c3ccccc23)cc(-c2c3ccccc3cc3c2sc2ccc4oc5ccccc5c4c23)c1. The zero-order chi connectivity index (χ0) is 35.3. The number of hydrogen-bond donors (Lipinski definition) is 0. The second-order valence-corrected chi connectivity index (χ2v) is 15.4. The lowest BCUT2D eigenvalue weighted by atomic mass is 9.85. The minimum Gasteiger partial charge on any atom is -0.456 e. The van der Waals surface area contributed by atoms with Gasteiger partial charge in [0.15, 0.2) is 0 Å². The maximum absolute atomic E-state index is 6.38. The van der Waals surface area contributed by atoms with Crippen LogP contribution in [0.25, 0.3) is 119 Å². The van der Waals surface area contributed by atoms with E-state index in [-0.39, 0.29) is 0 Å². The quantitative estimate of drug-likeness (QED) is 0.167. The molecule has 0 aliphatic carbocycles. The molecule has 0 atom stereocenters. The Morgan fingerprint density at radius 2 is 0.889 bits per heavy atom. The van der Waals surface area contributed by atoms with Gasteiger partial charge in [-0.25, -0.2) is 0 Å². The average Bonchev–Trinajstić information content (AvgIpc) is 3.79. The number of hydrogen-bond acceptors (Lipinski definition) is 2. The highest BCUT2D eigenvalue weighted by Gasteiger charge is 2.21. The van der Waals surface area contributed by atoms with Crippen LogP contribution in [0.4, 0.5) is 0 Å². The molecule has 12 rings (SSSR count). The summed E-state index contributed by atoms with van der Waals surface area (Å²) in [4.78, 5) is 0. The van der Waals surface area contributed by atoms with E-state index >= 15 is 0 Å². The Balaban J connectivity index is 1.14. The number of thiophene rings is 1. The number of fused-ring (bicyclic) bond motifs is 11. The van der Waals surface area contributed by atoms with Gasteiger partial charge in [0.2, 0.25) is 0 Å². The summed E-state index contributed by atoms with van der Waals surface area (Å²) in [6.45, 7) is 0. The molecule has 0 saturated heterocycles. The smallest absolute Gasteiger partial charge is 0.136 e. The lowest BCUT2D eigenvalue weighted by Gasteiger charge is -2.19. The number of rotatable bonds is 3. The van der Waals surface area contributed by atoms with Crippen molar-refractivity contribution in [2.24, 2.45) is 0 Å². The van der Waals surface area contributed by atoms with Crippen LogP contribution in [0.2, 0.25) is 0 Å². The molecule has 2 heterocycles. The molecular weight excluding hydrogens is 673 g/mol. The fourth-order valence-corrected chi connectivity index (χ4v) is 10.4. The second kappa shape index (κ2) is 11.4. The van der Waals surface area contributed by atoms with Gasteiger partial charge in [-0.05, 0) is 107 Å². The first kappa shape index (κ1) is 29.8. The Morgan fingerprint density at radius 3 is 1.61 bits per heavy atom. The van der Waals surface area contributed by atoms with E-state index in [0.717, 1.165) is 11.2 Å². The zero-order valence-corrected chi connectivity index (χ0v) is 30.0. The number of benzene rings is 10. The standard InChI is InChI=1S/C52H30OS/c1-2-13-32-28-36(25-24-31(32)12-1)48-40-20-7-5-18-38(40)47(39-19-6-8-21-41(39)48)34-15-11-16-35(29-34)49-37-17-4-3-14-33(37)30-43-51-46(54-52(43)49)27-26-45-50(51)42-22-9-10-23-44(42)53-45/h1-30H. The predicted octanol–water partition coefficient (Wildman–Crippen LogP) is 15.6. The first-order valence-electron chi connectivity index (χ1n) is 18.5. The van der Waals surface area contributed by atoms with Gasteiger partial charge in [-0.2, -0.15) is 0 Å².